The van der Waals surface area contributed by atoms with E-state index in [1.165, 1.54) is 0 Å². The van der Waals surface area contributed by atoms with Gasteiger partial charge in [-0.05, 0) is 42.8 Å². The van der Waals surface area contributed by atoms with E-state index in [4.69, 9.17) is 9.47 Å². The summed E-state index contributed by atoms with van der Waals surface area (Å²) in [6, 6.07) is 14.8. The minimum absolute atomic E-state index is 0.239. The number of amides is 1. The van der Waals surface area contributed by atoms with Crippen molar-refractivity contribution in [2.24, 2.45) is 4.99 Å². The van der Waals surface area contributed by atoms with Crippen molar-refractivity contribution in [2.75, 3.05) is 32.2 Å². The quantitative estimate of drug-likeness (QED) is 0.930. The highest BCUT2D eigenvalue weighted by molar-refractivity contribution is 6.12. The van der Waals surface area contributed by atoms with Crippen LogP contribution in [0.25, 0.3) is 0 Å². The molecular weight excluding hydrogens is 318 g/mol. The SMILES string of the molecule is COc1ccc(N2CCCN=C2NC(=O)c2ccccc2OC)cc1. The number of aliphatic imine (C=N–C) groups is 1. The molecule has 1 amide bonds. The Balaban J connectivity index is 1.81. The van der Waals surface area contributed by atoms with Crippen molar-refractivity contribution >= 4 is 17.6 Å². The van der Waals surface area contributed by atoms with Gasteiger partial charge in [-0.25, -0.2) is 0 Å². The molecule has 0 saturated carbocycles. The fourth-order valence-electron chi connectivity index (χ4n) is 2.73. The van der Waals surface area contributed by atoms with Crippen LogP contribution < -0.4 is 19.7 Å². The molecule has 130 valence electrons. The Bertz CT molecular complexity index is 772. The van der Waals surface area contributed by atoms with Crippen molar-refractivity contribution in [1.29, 1.82) is 0 Å². The van der Waals surface area contributed by atoms with Crippen molar-refractivity contribution in [2.45, 2.75) is 6.42 Å². The summed E-state index contributed by atoms with van der Waals surface area (Å²) in [7, 11) is 3.18. The number of methoxy groups -OCH3 is 2. The second-order valence-corrected chi connectivity index (χ2v) is 5.56. The second-order valence-electron chi connectivity index (χ2n) is 5.56. The minimum atomic E-state index is -0.239. The Morgan fingerprint density at radius 3 is 2.56 bits per heavy atom. The van der Waals surface area contributed by atoms with Crippen molar-refractivity contribution < 1.29 is 14.3 Å². The molecule has 0 aromatic heterocycles. The van der Waals surface area contributed by atoms with Gasteiger partial charge in [0.05, 0.1) is 19.8 Å². The van der Waals surface area contributed by atoms with Gasteiger partial charge in [-0.3, -0.25) is 15.1 Å². The molecule has 0 saturated heterocycles. The zero-order chi connectivity index (χ0) is 17.6. The van der Waals surface area contributed by atoms with Gasteiger partial charge in [-0.2, -0.15) is 0 Å². The lowest BCUT2D eigenvalue weighted by Gasteiger charge is -2.29. The van der Waals surface area contributed by atoms with E-state index in [9.17, 15) is 4.79 Å². The molecule has 0 atom stereocenters. The topological polar surface area (TPSA) is 63.2 Å². The lowest BCUT2D eigenvalue weighted by molar-refractivity contribution is 0.0973. The van der Waals surface area contributed by atoms with Crippen LogP contribution in [0.4, 0.5) is 5.69 Å². The average Bonchev–Trinajstić information content (AvgIpc) is 2.68. The number of guanidine groups is 1. The number of anilines is 1. The van der Waals surface area contributed by atoms with Gasteiger partial charge in [-0.15, -0.1) is 0 Å². The number of hydrogen-bond donors (Lipinski definition) is 1. The molecule has 1 heterocycles. The summed E-state index contributed by atoms with van der Waals surface area (Å²) in [5.74, 6) is 1.63. The maximum absolute atomic E-state index is 12.7. The molecule has 3 rings (SSSR count). The number of nitrogens with one attached hydrogen (secondary N) is 1. The van der Waals surface area contributed by atoms with Crippen LogP contribution in [0.5, 0.6) is 11.5 Å². The highest BCUT2D eigenvalue weighted by Crippen LogP contribution is 2.22. The molecule has 0 radical (unpaired) electrons. The second kappa shape index (κ2) is 7.70. The molecular formula is C19H21N3O3. The number of carbonyl (C=O) groups excluding carboxylic acids is 1. The van der Waals surface area contributed by atoms with Crippen molar-refractivity contribution in [1.82, 2.24) is 5.32 Å². The molecule has 2 aromatic carbocycles. The van der Waals surface area contributed by atoms with E-state index in [2.05, 4.69) is 10.3 Å². The molecule has 2 aromatic rings. The third kappa shape index (κ3) is 3.74. The summed E-state index contributed by atoms with van der Waals surface area (Å²) in [6.45, 7) is 1.48. The summed E-state index contributed by atoms with van der Waals surface area (Å²) in [5.41, 5.74) is 1.44. The predicted molar refractivity (Wildman–Crippen MR) is 97.7 cm³/mol. The van der Waals surface area contributed by atoms with Crippen LogP contribution in [-0.4, -0.2) is 39.2 Å². The highest BCUT2D eigenvalue weighted by atomic mass is 16.5. The zero-order valence-corrected chi connectivity index (χ0v) is 14.4. The Kier molecular flexibility index (Phi) is 5.18. The molecule has 0 fully saturated rings. The number of rotatable bonds is 4. The van der Waals surface area contributed by atoms with Crippen molar-refractivity contribution in [3.63, 3.8) is 0 Å². The Morgan fingerprint density at radius 1 is 1.08 bits per heavy atom. The molecule has 1 aliphatic rings. The maximum atomic E-state index is 12.7. The van der Waals surface area contributed by atoms with Gasteiger partial charge in [0, 0.05) is 18.8 Å². The molecule has 0 unspecified atom stereocenters. The normalized spacial score (nSPS) is 13.8. The fraction of sp³-hybridized carbons (Fsp3) is 0.263. The van der Waals surface area contributed by atoms with Crippen LogP contribution >= 0.6 is 0 Å². The number of benzene rings is 2. The van der Waals surface area contributed by atoms with E-state index in [0.717, 1.165) is 24.4 Å². The van der Waals surface area contributed by atoms with E-state index < -0.39 is 0 Å². The van der Waals surface area contributed by atoms with Gasteiger partial charge in [0.15, 0.2) is 0 Å². The monoisotopic (exact) mass is 339 g/mol. The Hall–Kier alpha value is -3.02. The first kappa shape index (κ1) is 16.8. The van der Waals surface area contributed by atoms with Gasteiger partial charge in [0.1, 0.15) is 11.5 Å². The average molecular weight is 339 g/mol. The third-order valence-electron chi connectivity index (χ3n) is 4.02. The van der Waals surface area contributed by atoms with Gasteiger partial charge >= 0.3 is 0 Å². The molecule has 6 heteroatoms. The number of hydrogen-bond acceptors (Lipinski definition) is 5. The molecule has 0 spiro atoms. The van der Waals surface area contributed by atoms with E-state index in [0.29, 0.717) is 23.8 Å². The largest absolute Gasteiger partial charge is 0.497 e. The Labute approximate surface area is 147 Å². The Morgan fingerprint density at radius 2 is 1.84 bits per heavy atom. The van der Waals surface area contributed by atoms with Crippen LogP contribution in [0, 0.1) is 0 Å². The zero-order valence-electron chi connectivity index (χ0n) is 14.4. The van der Waals surface area contributed by atoms with Crippen LogP contribution in [0.2, 0.25) is 0 Å². The standard InChI is InChI=1S/C19H21N3O3/c1-24-15-10-8-14(9-11-15)22-13-5-12-20-19(22)21-18(23)16-6-3-4-7-17(16)25-2/h3-4,6-11H,5,12-13H2,1-2H3,(H,20,21,23). The summed E-state index contributed by atoms with van der Waals surface area (Å²) in [5, 5.41) is 2.91. The number of nitrogens with zero attached hydrogens (tertiary/aromatic N) is 2. The molecule has 6 nitrogen and oxygen atoms in total. The fourth-order valence-corrected chi connectivity index (χ4v) is 2.73. The summed E-state index contributed by atoms with van der Waals surface area (Å²) >= 11 is 0. The summed E-state index contributed by atoms with van der Waals surface area (Å²) < 4.78 is 10.5. The van der Waals surface area contributed by atoms with E-state index in [-0.39, 0.29) is 5.91 Å². The third-order valence-corrected chi connectivity index (χ3v) is 4.02. The lowest BCUT2D eigenvalue weighted by atomic mass is 10.2. The van der Waals surface area contributed by atoms with Gasteiger partial charge < -0.3 is 14.4 Å². The van der Waals surface area contributed by atoms with E-state index in [1.54, 1.807) is 32.4 Å². The first-order chi connectivity index (χ1) is 12.2. The maximum Gasteiger partial charge on any atom is 0.261 e. The van der Waals surface area contributed by atoms with Crippen LogP contribution in [-0.2, 0) is 0 Å². The first-order valence-electron chi connectivity index (χ1n) is 8.13. The van der Waals surface area contributed by atoms with Crippen molar-refractivity contribution in [3.8, 4) is 11.5 Å². The molecule has 25 heavy (non-hydrogen) atoms. The number of carbonyl (C=O) groups is 1. The first-order valence-corrected chi connectivity index (χ1v) is 8.13. The van der Waals surface area contributed by atoms with Crippen LogP contribution in [0.1, 0.15) is 16.8 Å². The molecule has 0 aliphatic carbocycles. The molecule has 0 bridgehead atoms. The highest BCUT2D eigenvalue weighted by Gasteiger charge is 2.21. The van der Waals surface area contributed by atoms with Crippen LogP contribution in [0.15, 0.2) is 53.5 Å². The van der Waals surface area contributed by atoms with Gasteiger partial charge in [0.2, 0.25) is 5.96 Å². The lowest BCUT2D eigenvalue weighted by Crippen LogP contribution is -2.47. The predicted octanol–water partition coefficient (Wildman–Crippen LogP) is 2.70. The smallest absolute Gasteiger partial charge is 0.261 e. The van der Waals surface area contributed by atoms with Crippen molar-refractivity contribution in [3.05, 3.63) is 54.1 Å². The van der Waals surface area contributed by atoms with Crippen LogP contribution in [0.3, 0.4) is 0 Å². The van der Waals surface area contributed by atoms with E-state index >= 15 is 0 Å². The minimum Gasteiger partial charge on any atom is -0.497 e. The summed E-state index contributed by atoms with van der Waals surface area (Å²) in [6.07, 6.45) is 0.931. The van der Waals surface area contributed by atoms with Gasteiger partial charge in [-0.1, -0.05) is 12.1 Å². The number of para-hydroxylation sites is 1. The molecule has 1 N–H and O–H groups in total. The van der Waals surface area contributed by atoms with E-state index in [1.807, 2.05) is 35.2 Å². The van der Waals surface area contributed by atoms with Gasteiger partial charge in [0.25, 0.3) is 5.91 Å². The molecule has 1 aliphatic heterocycles. The summed E-state index contributed by atoms with van der Waals surface area (Å²) in [4.78, 5) is 19.1. The number of ether oxygens (including phenoxy) is 2.